The normalized spacial score (nSPS) is 31.0. The Bertz CT molecular complexity index is 1110. The van der Waals surface area contributed by atoms with E-state index in [1.807, 2.05) is 0 Å². The monoisotopic (exact) mass is 666 g/mol. The molecule has 0 aliphatic carbocycles. The van der Waals surface area contributed by atoms with Gasteiger partial charge in [-0.3, -0.25) is 33.6 Å². The number of rotatable bonds is 12. The molecule has 2 heterocycles. The van der Waals surface area contributed by atoms with Crippen molar-refractivity contribution in [2.75, 3.05) is 20.3 Å². The molecule has 0 aromatic heterocycles. The first-order valence-electron chi connectivity index (χ1n) is 13.7. The minimum absolute atomic E-state index is 0.401. The zero-order chi connectivity index (χ0) is 34.0. The molecule has 0 aromatic rings. The van der Waals surface area contributed by atoms with Crippen molar-refractivity contribution in [3.8, 4) is 0 Å². The molecule has 2 aliphatic rings. The molecule has 10 atom stereocenters. The largest absolute Gasteiger partial charge is 0.463 e. The average molecular weight is 667 g/mol. The van der Waals surface area contributed by atoms with Gasteiger partial charge in [-0.15, -0.1) is 11.8 Å². The minimum atomic E-state index is -1.47. The first-order valence-corrected chi connectivity index (χ1v) is 14.6. The third-order valence-electron chi connectivity index (χ3n) is 6.12. The number of thioether (sulfide) groups is 1. The lowest BCUT2D eigenvalue weighted by atomic mass is 9.99. The molecule has 0 N–H and O–H groups in total. The third-order valence-corrected chi connectivity index (χ3v) is 7.57. The second kappa shape index (κ2) is 17.3. The lowest BCUT2D eigenvalue weighted by molar-refractivity contribution is -0.257. The van der Waals surface area contributed by atoms with Crippen LogP contribution in [0.4, 0.5) is 0 Å². The van der Waals surface area contributed by atoms with Crippen molar-refractivity contribution in [1.29, 1.82) is 0 Å². The van der Waals surface area contributed by atoms with Crippen molar-refractivity contribution < 1.29 is 80.9 Å². The van der Waals surface area contributed by atoms with Crippen molar-refractivity contribution >= 4 is 53.5 Å². The summed E-state index contributed by atoms with van der Waals surface area (Å²) < 4.78 is 55.3. The molecule has 45 heavy (non-hydrogen) atoms. The second-order valence-electron chi connectivity index (χ2n) is 9.90. The molecular formula is C27H38O17S. The van der Waals surface area contributed by atoms with E-state index in [1.165, 1.54) is 7.11 Å². The number of esters is 7. The van der Waals surface area contributed by atoms with Gasteiger partial charge in [0.05, 0.1) is 5.25 Å². The predicted octanol–water partition coefficient (Wildman–Crippen LogP) is -0.0309. The smallest absolute Gasteiger partial charge is 0.303 e. The minimum Gasteiger partial charge on any atom is -0.463 e. The molecule has 2 saturated heterocycles. The first-order chi connectivity index (χ1) is 21.0. The van der Waals surface area contributed by atoms with E-state index in [4.69, 9.17) is 47.4 Å². The number of carbonyl (C=O) groups is 7. The third kappa shape index (κ3) is 11.4. The van der Waals surface area contributed by atoms with Gasteiger partial charge in [0.1, 0.15) is 30.9 Å². The fourth-order valence-electron chi connectivity index (χ4n) is 4.66. The highest BCUT2D eigenvalue weighted by atomic mass is 32.2. The van der Waals surface area contributed by atoms with Gasteiger partial charge >= 0.3 is 41.8 Å². The van der Waals surface area contributed by atoms with E-state index in [1.54, 1.807) is 0 Å². The fourth-order valence-corrected chi connectivity index (χ4v) is 6.21. The van der Waals surface area contributed by atoms with Crippen molar-refractivity contribution in [2.24, 2.45) is 0 Å². The maximum atomic E-state index is 12.3. The summed E-state index contributed by atoms with van der Waals surface area (Å²) >= 11 is 0.823. The summed E-state index contributed by atoms with van der Waals surface area (Å²) in [7, 11) is 1.27. The Hall–Kier alpha value is -3.48. The van der Waals surface area contributed by atoms with E-state index in [0.717, 1.165) is 60.2 Å². The van der Waals surface area contributed by atoms with Gasteiger partial charge in [-0.1, -0.05) is 0 Å². The number of methoxy groups -OCH3 is 1. The highest BCUT2D eigenvalue weighted by Crippen LogP contribution is 2.42. The molecule has 2 rings (SSSR count). The predicted molar refractivity (Wildman–Crippen MR) is 147 cm³/mol. The molecule has 0 unspecified atom stereocenters. The molecule has 0 amide bonds. The van der Waals surface area contributed by atoms with Gasteiger partial charge in [-0.05, 0) is 0 Å². The molecule has 0 saturated carbocycles. The molecule has 2 aliphatic heterocycles. The number of hydrogen-bond acceptors (Lipinski definition) is 18. The van der Waals surface area contributed by atoms with Gasteiger partial charge in [0.2, 0.25) is 0 Å². The van der Waals surface area contributed by atoms with Gasteiger partial charge in [0.25, 0.3) is 0 Å². The standard InChI is InChI=1S/C27H38O17S/c1-11(28)36-9-18-21(39-14(4)31)23(41-16(6)33)25(26(35-8)43-18)45-27-24(42-17(7)34)22(40-15(5)32)20(38-13(3)30)19(44-27)10-37-12(2)29/h18-27H,9-10H2,1-8H3/t18-,19-,20-,21-,22+,23+,24-,25-,26-,27+/m1/s1. The van der Waals surface area contributed by atoms with Crippen LogP contribution in [0.2, 0.25) is 0 Å². The van der Waals surface area contributed by atoms with Gasteiger partial charge in [-0.25, -0.2) is 0 Å². The maximum absolute atomic E-state index is 12.3. The molecule has 17 nitrogen and oxygen atoms in total. The van der Waals surface area contributed by atoms with Crippen LogP contribution in [0.5, 0.6) is 0 Å². The Morgan fingerprint density at radius 2 is 0.889 bits per heavy atom. The van der Waals surface area contributed by atoms with Gasteiger partial charge in [-0.2, -0.15) is 0 Å². The van der Waals surface area contributed by atoms with Crippen LogP contribution in [0.1, 0.15) is 48.5 Å². The van der Waals surface area contributed by atoms with Crippen LogP contribution in [0.15, 0.2) is 0 Å². The van der Waals surface area contributed by atoms with Crippen molar-refractivity contribution in [1.82, 2.24) is 0 Å². The lowest BCUT2D eigenvalue weighted by Crippen LogP contribution is -2.64. The topological polar surface area (TPSA) is 212 Å². The Morgan fingerprint density at radius 1 is 0.511 bits per heavy atom. The summed E-state index contributed by atoms with van der Waals surface area (Å²) in [6, 6.07) is 0. The summed E-state index contributed by atoms with van der Waals surface area (Å²) in [5.74, 6) is -5.39. The van der Waals surface area contributed by atoms with E-state index >= 15 is 0 Å². The second-order valence-corrected chi connectivity index (χ2v) is 11.2. The van der Waals surface area contributed by atoms with E-state index < -0.39 is 115 Å². The highest BCUT2D eigenvalue weighted by Gasteiger charge is 2.57. The molecular weight excluding hydrogens is 628 g/mol. The Balaban J connectivity index is 2.64. The lowest BCUT2D eigenvalue weighted by Gasteiger charge is -2.48. The molecule has 0 radical (unpaired) electrons. The van der Waals surface area contributed by atoms with Gasteiger partial charge in [0.15, 0.2) is 36.8 Å². The number of hydrogen-bond donors (Lipinski definition) is 0. The van der Waals surface area contributed by atoms with Crippen molar-refractivity contribution in [2.45, 2.75) is 108 Å². The van der Waals surface area contributed by atoms with Crippen molar-refractivity contribution in [3.05, 3.63) is 0 Å². The van der Waals surface area contributed by atoms with E-state index in [-0.39, 0.29) is 0 Å². The average Bonchev–Trinajstić information content (AvgIpc) is 2.90. The molecule has 0 bridgehead atoms. The van der Waals surface area contributed by atoms with Crippen LogP contribution in [0, 0.1) is 0 Å². The van der Waals surface area contributed by atoms with Crippen molar-refractivity contribution in [3.63, 3.8) is 0 Å². The van der Waals surface area contributed by atoms with E-state index in [0.29, 0.717) is 0 Å². The zero-order valence-electron chi connectivity index (χ0n) is 26.0. The van der Waals surface area contributed by atoms with Crippen LogP contribution in [0.25, 0.3) is 0 Å². The van der Waals surface area contributed by atoms with Crippen LogP contribution < -0.4 is 0 Å². The van der Waals surface area contributed by atoms with Crippen LogP contribution in [-0.2, 0) is 80.9 Å². The summed E-state index contributed by atoms with van der Waals surface area (Å²) in [6.07, 6.45) is -10.7. The molecule has 0 spiro atoms. The maximum Gasteiger partial charge on any atom is 0.303 e. The molecule has 254 valence electrons. The molecule has 18 heteroatoms. The Morgan fingerprint density at radius 3 is 1.31 bits per heavy atom. The van der Waals surface area contributed by atoms with Gasteiger partial charge < -0.3 is 47.4 Å². The Kier molecular flexibility index (Phi) is 14.5. The first kappa shape index (κ1) is 37.7. The van der Waals surface area contributed by atoms with E-state index in [2.05, 4.69) is 0 Å². The van der Waals surface area contributed by atoms with Crippen LogP contribution in [-0.4, -0.2) is 122 Å². The summed E-state index contributed by atoms with van der Waals surface area (Å²) in [4.78, 5) is 84.1. The zero-order valence-corrected chi connectivity index (χ0v) is 26.9. The summed E-state index contributed by atoms with van der Waals surface area (Å²) in [5, 5.41) is -1.11. The molecule has 2 fully saturated rings. The summed E-state index contributed by atoms with van der Waals surface area (Å²) in [6.45, 7) is 6.88. The SMILES string of the molecule is CO[C@@H]1O[C@H](COC(C)=O)[C@@H](OC(C)=O)[C@H](OC(C)=O)[C@H]1S[C@@H]1O[C@H](COC(C)=O)[C@@H](OC(C)=O)[C@H](OC(C)=O)[C@H]1OC(C)=O. The number of ether oxygens (including phenoxy) is 10. The van der Waals surface area contributed by atoms with Crippen LogP contribution in [0.3, 0.4) is 0 Å². The van der Waals surface area contributed by atoms with E-state index in [9.17, 15) is 33.6 Å². The molecule has 0 aromatic carbocycles. The quantitative estimate of drug-likeness (QED) is 0.198. The Labute approximate surface area is 263 Å². The van der Waals surface area contributed by atoms with Crippen LogP contribution >= 0.6 is 11.8 Å². The van der Waals surface area contributed by atoms with Gasteiger partial charge in [0, 0.05) is 55.6 Å². The number of carbonyl (C=O) groups excluding carboxylic acids is 7. The summed E-state index contributed by atoms with van der Waals surface area (Å²) in [5.41, 5.74) is -1.32. The fraction of sp³-hybridized carbons (Fsp3) is 0.741. The highest BCUT2D eigenvalue weighted by molar-refractivity contribution is 8.00.